The van der Waals surface area contributed by atoms with Gasteiger partial charge in [0, 0.05) is 12.6 Å². The van der Waals surface area contributed by atoms with Crippen molar-refractivity contribution in [2.24, 2.45) is 0 Å². The normalized spacial score (nSPS) is 22.3. The summed E-state index contributed by atoms with van der Waals surface area (Å²) in [5.74, 6) is 0.521. The van der Waals surface area contributed by atoms with E-state index in [1.165, 1.54) is 0 Å². The van der Waals surface area contributed by atoms with Crippen molar-refractivity contribution in [3.8, 4) is 0 Å². The summed E-state index contributed by atoms with van der Waals surface area (Å²) in [5, 5.41) is 3.77. The lowest BCUT2D eigenvalue weighted by Crippen LogP contribution is -2.53. The largest absolute Gasteiger partial charge is 0.444 e. The standard InChI is InChI=1S/C15H23ClN4O2/c1-10-12(19-13-17-8-11(16)9-18-13)6-5-7-20(10)14(21)22-15(2,3)4/h8-10,12H,5-7H2,1-4H3,(H,17,18,19)/t10-,12+/m0/s1. The topological polar surface area (TPSA) is 67.4 Å². The number of aromatic nitrogens is 2. The Balaban J connectivity index is 2.01. The second-order valence-corrected chi connectivity index (χ2v) is 6.97. The van der Waals surface area contributed by atoms with Crippen molar-refractivity contribution >= 4 is 23.6 Å². The Morgan fingerprint density at radius 3 is 2.64 bits per heavy atom. The van der Waals surface area contributed by atoms with Crippen molar-refractivity contribution in [2.75, 3.05) is 11.9 Å². The van der Waals surface area contributed by atoms with E-state index >= 15 is 0 Å². The summed E-state index contributed by atoms with van der Waals surface area (Å²) in [4.78, 5) is 22.4. The number of carbonyl (C=O) groups excluding carboxylic acids is 1. The van der Waals surface area contributed by atoms with Crippen LogP contribution in [0.1, 0.15) is 40.5 Å². The Labute approximate surface area is 136 Å². The average Bonchev–Trinajstić information content (AvgIpc) is 2.41. The maximum Gasteiger partial charge on any atom is 0.410 e. The van der Waals surface area contributed by atoms with Crippen molar-refractivity contribution in [3.63, 3.8) is 0 Å². The van der Waals surface area contributed by atoms with Crippen LogP contribution in [0.5, 0.6) is 0 Å². The van der Waals surface area contributed by atoms with Crippen LogP contribution < -0.4 is 5.32 Å². The van der Waals surface area contributed by atoms with Gasteiger partial charge in [0.1, 0.15) is 5.60 Å². The number of hydrogen-bond acceptors (Lipinski definition) is 5. The van der Waals surface area contributed by atoms with E-state index in [1.807, 2.05) is 27.7 Å². The molecule has 0 unspecified atom stereocenters. The highest BCUT2D eigenvalue weighted by Crippen LogP contribution is 2.22. The van der Waals surface area contributed by atoms with E-state index in [9.17, 15) is 4.79 Å². The number of amides is 1. The van der Waals surface area contributed by atoms with E-state index in [4.69, 9.17) is 16.3 Å². The molecule has 1 saturated heterocycles. The molecule has 0 radical (unpaired) electrons. The lowest BCUT2D eigenvalue weighted by molar-refractivity contribution is 0.0103. The monoisotopic (exact) mass is 326 g/mol. The first-order valence-electron chi connectivity index (χ1n) is 7.50. The summed E-state index contributed by atoms with van der Waals surface area (Å²) in [7, 11) is 0. The van der Waals surface area contributed by atoms with Gasteiger partial charge in [0.2, 0.25) is 5.95 Å². The number of anilines is 1. The summed E-state index contributed by atoms with van der Waals surface area (Å²) < 4.78 is 5.47. The summed E-state index contributed by atoms with van der Waals surface area (Å²) in [5.41, 5.74) is -0.490. The lowest BCUT2D eigenvalue weighted by atomic mass is 9.98. The van der Waals surface area contributed by atoms with Crippen LogP contribution in [0, 0.1) is 0 Å². The van der Waals surface area contributed by atoms with Gasteiger partial charge in [-0.1, -0.05) is 11.6 Å². The number of nitrogens with zero attached hydrogens (tertiary/aromatic N) is 3. The molecule has 1 fully saturated rings. The maximum atomic E-state index is 12.3. The van der Waals surface area contributed by atoms with Crippen molar-refractivity contribution in [3.05, 3.63) is 17.4 Å². The molecule has 1 aromatic rings. The first-order valence-corrected chi connectivity index (χ1v) is 7.88. The molecule has 6 nitrogen and oxygen atoms in total. The average molecular weight is 327 g/mol. The molecule has 2 atom stereocenters. The molecule has 2 rings (SSSR count). The second kappa shape index (κ2) is 6.69. The maximum absolute atomic E-state index is 12.3. The number of hydrogen-bond donors (Lipinski definition) is 1. The number of nitrogens with one attached hydrogen (secondary N) is 1. The van der Waals surface area contributed by atoms with Crippen LogP contribution in [-0.2, 0) is 4.74 Å². The quantitative estimate of drug-likeness (QED) is 0.903. The van der Waals surface area contributed by atoms with Gasteiger partial charge in [0.15, 0.2) is 0 Å². The molecule has 0 spiro atoms. The lowest BCUT2D eigenvalue weighted by Gasteiger charge is -2.40. The van der Waals surface area contributed by atoms with Crippen molar-refractivity contribution in [1.82, 2.24) is 14.9 Å². The van der Waals surface area contributed by atoms with E-state index in [-0.39, 0.29) is 18.2 Å². The Kier molecular flexibility index (Phi) is 5.11. The van der Waals surface area contributed by atoms with E-state index in [2.05, 4.69) is 15.3 Å². The van der Waals surface area contributed by atoms with Crippen LogP contribution in [0.3, 0.4) is 0 Å². The Morgan fingerprint density at radius 1 is 1.41 bits per heavy atom. The van der Waals surface area contributed by atoms with Gasteiger partial charge in [-0.15, -0.1) is 0 Å². The molecule has 1 N–H and O–H groups in total. The fourth-order valence-corrected chi connectivity index (χ4v) is 2.56. The molecule has 0 bridgehead atoms. The van der Waals surface area contributed by atoms with Crippen LogP contribution in [0.25, 0.3) is 0 Å². The number of piperidine rings is 1. The molecule has 1 aliphatic rings. The van der Waals surface area contributed by atoms with E-state index in [0.29, 0.717) is 17.5 Å². The molecule has 7 heteroatoms. The molecule has 0 aromatic carbocycles. The first-order chi connectivity index (χ1) is 10.3. The van der Waals surface area contributed by atoms with Crippen LogP contribution >= 0.6 is 11.6 Å². The zero-order valence-electron chi connectivity index (χ0n) is 13.5. The van der Waals surface area contributed by atoms with E-state index < -0.39 is 5.60 Å². The number of carbonyl (C=O) groups is 1. The fraction of sp³-hybridized carbons (Fsp3) is 0.667. The highest BCUT2D eigenvalue weighted by atomic mass is 35.5. The van der Waals surface area contributed by atoms with Gasteiger partial charge in [-0.2, -0.15) is 0 Å². The van der Waals surface area contributed by atoms with Crippen LogP contribution in [0.2, 0.25) is 5.02 Å². The zero-order valence-corrected chi connectivity index (χ0v) is 14.2. The minimum atomic E-state index is -0.490. The third kappa shape index (κ3) is 4.47. The van der Waals surface area contributed by atoms with E-state index in [1.54, 1.807) is 17.3 Å². The Morgan fingerprint density at radius 2 is 2.05 bits per heavy atom. The summed E-state index contributed by atoms with van der Waals surface area (Å²) in [6, 6.07) is 0.0883. The van der Waals surface area contributed by atoms with E-state index in [0.717, 1.165) is 12.8 Å². The van der Waals surface area contributed by atoms with Crippen LogP contribution in [-0.4, -0.2) is 45.2 Å². The van der Waals surface area contributed by atoms with Gasteiger partial charge in [0.25, 0.3) is 0 Å². The highest BCUT2D eigenvalue weighted by Gasteiger charge is 2.34. The van der Waals surface area contributed by atoms with Gasteiger partial charge < -0.3 is 15.0 Å². The van der Waals surface area contributed by atoms with Crippen molar-refractivity contribution in [2.45, 2.75) is 58.2 Å². The van der Waals surface area contributed by atoms with Crippen molar-refractivity contribution < 1.29 is 9.53 Å². The smallest absolute Gasteiger partial charge is 0.410 e. The molecular weight excluding hydrogens is 304 g/mol. The Hall–Kier alpha value is -1.56. The van der Waals surface area contributed by atoms with Crippen LogP contribution in [0.15, 0.2) is 12.4 Å². The molecule has 0 saturated carbocycles. The molecule has 2 heterocycles. The fourth-order valence-electron chi connectivity index (χ4n) is 2.47. The number of rotatable bonds is 2. The minimum Gasteiger partial charge on any atom is -0.444 e. The number of halogens is 1. The molecule has 1 aliphatic heterocycles. The number of ether oxygens (including phenoxy) is 1. The predicted molar refractivity (Wildman–Crippen MR) is 86.1 cm³/mol. The zero-order chi connectivity index (χ0) is 16.3. The summed E-state index contributed by atoms with van der Waals surface area (Å²) >= 11 is 5.79. The SMILES string of the molecule is C[C@H]1[C@H](Nc2ncc(Cl)cn2)CCCN1C(=O)OC(C)(C)C. The molecule has 1 aromatic heterocycles. The third-order valence-electron chi connectivity index (χ3n) is 3.55. The predicted octanol–water partition coefficient (Wildman–Crippen LogP) is 3.33. The highest BCUT2D eigenvalue weighted by molar-refractivity contribution is 6.30. The van der Waals surface area contributed by atoms with Gasteiger partial charge in [0.05, 0.1) is 23.5 Å². The first kappa shape index (κ1) is 16.8. The molecular formula is C15H23ClN4O2. The molecule has 122 valence electrons. The molecule has 22 heavy (non-hydrogen) atoms. The van der Waals surface area contributed by atoms with Gasteiger partial charge in [-0.3, -0.25) is 0 Å². The van der Waals surface area contributed by atoms with Gasteiger partial charge in [-0.25, -0.2) is 14.8 Å². The summed E-state index contributed by atoms with van der Waals surface area (Å²) in [6.45, 7) is 8.33. The van der Waals surface area contributed by atoms with Gasteiger partial charge >= 0.3 is 6.09 Å². The minimum absolute atomic E-state index is 0.00266. The van der Waals surface area contributed by atoms with Crippen molar-refractivity contribution in [1.29, 1.82) is 0 Å². The number of likely N-dealkylation sites (tertiary alicyclic amines) is 1. The summed E-state index contributed by atoms with van der Waals surface area (Å²) in [6.07, 6.45) is 4.69. The molecule has 1 amide bonds. The third-order valence-corrected chi connectivity index (χ3v) is 3.75. The second-order valence-electron chi connectivity index (χ2n) is 6.53. The Bertz CT molecular complexity index is 515. The van der Waals surface area contributed by atoms with Gasteiger partial charge in [-0.05, 0) is 40.5 Å². The van der Waals surface area contributed by atoms with Crippen LogP contribution in [0.4, 0.5) is 10.7 Å². The molecule has 0 aliphatic carbocycles.